The van der Waals surface area contributed by atoms with E-state index in [1.165, 1.54) is 0 Å². The highest BCUT2D eigenvalue weighted by Gasteiger charge is 2.20. The summed E-state index contributed by atoms with van der Waals surface area (Å²) in [5.41, 5.74) is 0. The van der Waals surface area contributed by atoms with Gasteiger partial charge in [0, 0.05) is 52.1 Å². The summed E-state index contributed by atoms with van der Waals surface area (Å²) in [5.74, 6) is 2.08. The Morgan fingerprint density at radius 2 is 2.08 bits per heavy atom. The molecule has 0 saturated carbocycles. The molecule has 1 saturated heterocycles. The molecule has 1 N–H and O–H groups in total. The largest absolute Gasteiger partial charge is 0.379 e. The average Bonchev–Trinajstić information content (AvgIpc) is 2.61. The molecule has 134 valence electrons. The van der Waals surface area contributed by atoms with Crippen LogP contribution in [0, 0.1) is 0 Å². The Morgan fingerprint density at radius 3 is 2.71 bits per heavy atom. The number of aliphatic imine (C=N–C) groups is 1. The number of aromatic nitrogens is 1. The minimum atomic E-state index is 0.293. The smallest absolute Gasteiger partial charge is 0.194 e. The van der Waals surface area contributed by atoms with Crippen molar-refractivity contribution in [3.8, 4) is 0 Å². The van der Waals surface area contributed by atoms with E-state index in [1.807, 2.05) is 18.3 Å². The van der Waals surface area contributed by atoms with Crippen LogP contribution in [0.1, 0.15) is 27.2 Å². The lowest BCUT2D eigenvalue weighted by atomic mass is 10.3. The second-order valence-electron chi connectivity index (χ2n) is 6.17. The number of hydrogen-bond donors (Lipinski definition) is 1. The van der Waals surface area contributed by atoms with Crippen molar-refractivity contribution in [2.75, 3.05) is 50.8 Å². The number of pyridine rings is 1. The Balaban J connectivity index is 1.81. The van der Waals surface area contributed by atoms with Crippen molar-refractivity contribution in [3.05, 3.63) is 24.4 Å². The summed E-state index contributed by atoms with van der Waals surface area (Å²) >= 11 is 0. The molecule has 0 aliphatic carbocycles. The number of ether oxygens (including phenoxy) is 1. The summed E-state index contributed by atoms with van der Waals surface area (Å²) in [4.78, 5) is 13.9. The van der Waals surface area contributed by atoms with Gasteiger partial charge in [-0.15, -0.1) is 0 Å². The van der Waals surface area contributed by atoms with Gasteiger partial charge in [-0.05, 0) is 39.3 Å². The van der Waals surface area contributed by atoms with Crippen LogP contribution in [0.15, 0.2) is 29.4 Å². The molecule has 0 spiro atoms. The number of anilines is 1. The van der Waals surface area contributed by atoms with E-state index in [2.05, 4.69) is 46.9 Å². The molecule has 1 fully saturated rings. The lowest BCUT2D eigenvalue weighted by Gasteiger charge is -2.37. The maximum atomic E-state index is 5.58. The van der Waals surface area contributed by atoms with Crippen LogP contribution in [0.4, 0.5) is 5.82 Å². The number of hydrogen-bond acceptors (Lipinski definition) is 4. The Hall–Kier alpha value is -1.82. The molecule has 1 aromatic heterocycles. The lowest BCUT2D eigenvalue weighted by Crippen LogP contribution is -2.52. The third kappa shape index (κ3) is 6.00. The van der Waals surface area contributed by atoms with E-state index in [0.29, 0.717) is 6.10 Å². The van der Waals surface area contributed by atoms with Gasteiger partial charge in [-0.3, -0.25) is 4.99 Å². The fourth-order valence-electron chi connectivity index (χ4n) is 2.68. The van der Waals surface area contributed by atoms with Gasteiger partial charge >= 0.3 is 0 Å². The monoisotopic (exact) mass is 333 g/mol. The quantitative estimate of drug-likeness (QED) is 0.470. The Morgan fingerprint density at radius 1 is 1.29 bits per heavy atom. The molecule has 0 unspecified atom stereocenters. The first-order chi connectivity index (χ1) is 11.7. The van der Waals surface area contributed by atoms with Gasteiger partial charge in [-0.25, -0.2) is 4.98 Å². The summed E-state index contributed by atoms with van der Waals surface area (Å²) < 4.78 is 5.58. The van der Waals surface area contributed by atoms with Crippen molar-refractivity contribution in [1.82, 2.24) is 15.2 Å². The van der Waals surface area contributed by atoms with E-state index in [0.717, 1.165) is 64.1 Å². The fraction of sp³-hybridized carbons (Fsp3) is 0.667. The Bertz CT molecular complexity index is 483. The van der Waals surface area contributed by atoms with Gasteiger partial charge in [-0.2, -0.15) is 0 Å². The van der Waals surface area contributed by atoms with Gasteiger partial charge in [0.1, 0.15) is 5.82 Å². The highest BCUT2D eigenvalue weighted by atomic mass is 16.5. The summed E-state index contributed by atoms with van der Waals surface area (Å²) in [6.45, 7) is 12.6. The SMILES string of the molecule is CCNC(=NCCCOC(C)C)N1CCN(c2ccccn2)CC1. The standard InChI is InChI=1S/C18H31N5O/c1-4-19-18(21-10-7-15-24-16(2)3)23-13-11-22(12-14-23)17-8-5-6-9-20-17/h5-6,8-9,16H,4,7,10-15H2,1-3H3,(H,19,21). The number of nitrogens with one attached hydrogen (secondary N) is 1. The first-order valence-electron chi connectivity index (χ1n) is 9.01. The molecular formula is C18H31N5O. The predicted molar refractivity (Wildman–Crippen MR) is 99.7 cm³/mol. The van der Waals surface area contributed by atoms with Gasteiger partial charge in [0.05, 0.1) is 6.10 Å². The van der Waals surface area contributed by atoms with E-state index in [1.54, 1.807) is 0 Å². The Labute approximate surface area is 145 Å². The molecule has 0 atom stereocenters. The molecule has 0 aromatic carbocycles. The topological polar surface area (TPSA) is 53.0 Å². The van der Waals surface area contributed by atoms with Crippen LogP contribution in [0.5, 0.6) is 0 Å². The van der Waals surface area contributed by atoms with Crippen LogP contribution in [-0.2, 0) is 4.74 Å². The number of piperazine rings is 1. The molecule has 0 bridgehead atoms. The van der Waals surface area contributed by atoms with Gasteiger partial charge in [0.2, 0.25) is 0 Å². The predicted octanol–water partition coefficient (Wildman–Crippen LogP) is 1.98. The van der Waals surface area contributed by atoms with Crippen LogP contribution in [0.3, 0.4) is 0 Å². The minimum Gasteiger partial charge on any atom is -0.379 e. The second kappa shape index (κ2) is 10.1. The number of guanidine groups is 1. The highest BCUT2D eigenvalue weighted by molar-refractivity contribution is 5.80. The normalized spacial score (nSPS) is 15.9. The fourth-order valence-corrected chi connectivity index (χ4v) is 2.68. The third-order valence-corrected chi connectivity index (χ3v) is 3.90. The van der Waals surface area contributed by atoms with Crippen molar-refractivity contribution in [1.29, 1.82) is 0 Å². The molecule has 24 heavy (non-hydrogen) atoms. The molecular weight excluding hydrogens is 302 g/mol. The van der Waals surface area contributed by atoms with Crippen LogP contribution in [0.2, 0.25) is 0 Å². The van der Waals surface area contributed by atoms with Gasteiger partial charge in [-0.1, -0.05) is 6.07 Å². The minimum absolute atomic E-state index is 0.293. The van der Waals surface area contributed by atoms with E-state index < -0.39 is 0 Å². The Kier molecular flexibility index (Phi) is 7.82. The van der Waals surface area contributed by atoms with Crippen molar-refractivity contribution in [2.24, 2.45) is 4.99 Å². The first kappa shape index (κ1) is 18.5. The molecule has 1 aromatic rings. The van der Waals surface area contributed by atoms with Gasteiger partial charge < -0.3 is 19.9 Å². The summed E-state index contributed by atoms with van der Waals surface area (Å²) in [5, 5.41) is 3.41. The maximum absolute atomic E-state index is 5.58. The van der Waals surface area contributed by atoms with Gasteiger partial charge in [0.25, 0.3) is 0 Å². The highest BCUT2D eigenvalue weighted by Crippen LogP contribution is 2.12. The van der Waals surface area contributed by atoms with Crippen LogP contribution in [-0.4, -0.2) is 67.8 Å². The molecule has 1 aliphatic rings. The van der Waals surface area contributed by atoms with Gasteiger partial charge in [0.15, 0.2) is 5.96 Å². The van der Waals surface area contributed by atoms with Crippen molar-refractivity contribution < 1.29 is 4.74 Å². The number of nitrogens with zero attached hydrogens (tertiary/aromatic N) is 4. The summed E-state index contributed by atoms with van der Waals surface area (Å²) in [7, 11) is 0. The van der Waals surface area contributed by atoms with E-state index >= 15 is 0 Å². The summed E-state index contributed by atoms with van der Waals surface area (Å²) in [6, 6.07) is 6.07. The van der Waals surface area contributed by atoms with Crippen LogP contribution >= 0.6 is 0 Å². The molecule has 6 heteroatoms. The van der Waals surface area contributed by atoms with Crippen molar-refractivity contribution in [2.45, 2.75) is 33.3 Å². The van der Waals surface area contributed by atoms with Crippen LogP contribution < -0.4 is 10.2 Å². The first-order valence-corrected chi connectivity index (χ1v) is 9.01. The second-order valence-corrected chi connectivity index (χ2v) is 6.17. The van der Waals surface area contributed by atoms with E-state index in [9.17, 15) is 0 Å². The zero-order valence-corrected chi connectivity index (χ0v) is 15.2. The zero-order valence-electron chi connectivity index (χ0n) is 15.2. The summed E-state index contributed by atoms with van der Waals surface area (Å²) in [6.07, 6.45) is 3.11. The maximum Gasteiger partial charge on any atom is 0.194 e. The van der Waals surface area contributed by atoms with Crippen molar-refractivity contribution in [3.63, 3.8) is 0 Å². The lowest BCUT2D eigenvalue weighted by molar-refractivity contribution is 0.0782. The molecule has 2 heterocycles. The molecule has 0 radical (unpaired) electrons. The zero-order chi connectivity index (χ0) is 17.2. The molecule has 0 amide bonds. The van der Waals surface area contributed by atoms with Crippen molar-refractivity contribution >= 4 is 11.8 Å². The van der Waals surface area contributed by atoms with E-state index in [-0.39, 0.29) is 0 Å². The molecule has 1 aliphatic heterocycles. The molecule has 2 rings (SSSR count). The number of rotatable bonds is 7. The molecule has 6 nitrogen and oxygen atoms in total. The third-order valence-electron chi connectivity index (χ3n) is 3.90. The van der Waals surface area contributed by atoms with Crippen LogP contribution in [0.25, 0.3) is 0 Å². The average molecular weight is 333 g/mol. The van der Waals surface area contributed by atoms with E-state index in [4.69, 9.17) is 9.73 Å².